The molecule has 1 aromatic rings. The molecule has 1 aromatic heterocycles. The van der Waals surface area contributed by atoms with Crippen LogP contribution < -0.4 is 10.2 Å². The van der Waals surface area contributed by atoms with E-state index in [9.17, 15) is 0 Å². The van der Waals surface area contributed by atoms with Crippen molar-refractivity contribution in [2.45, 2.75) is 77.9 Å². The summed E-state index contributed by atoms with van der Waals surface area (Å²) >= 11 is 1.92. The maximum absolute atomic E-state index is 4.91. The summed E-state index contributed by atoms with van der Waals surface area (Å²) in [5.74, 6) is 0.925. The van der Waals surface area contributed by atoms with E-state index in [1.807, 2.05) is 11.3 Å². The predicted molar refractivity (Wildman–Crippen MR) is 91.2 cm³/mol. The minimum atomic E-state index is 0.535. The highest BCUT2D eigenvalue weighted by Gasteiger charge is 2.34. The Kier molecular flexibility index (Phi) is 4.85. The number of nitrogens with zero attached hydrogens (tertiary/aromatic N) is 2. The van der Waals surface area contributed by atoms with Gasteiger partial charge in [0.25, 0.3) is 0 Å². The third kappa shape index (κ3) is 3.42. The number of piperidine rings is 1. The Bertz CT molecular complexity index is 467. The van der Waals surface area contributed by atoms with Crippen molar-refractivity contribution in [3.63, 3.8) is 0 Å². The highest BCUT2D eigenvalue weighted by atomic mass is 32.1. The second-order valence-electron chi connectivity index (χ2n) is 6.99. The molecule has 1 aliphatic heterocycles. The number of aromatic nitrogens is 1. The molecule has 4 heteroatoms. The zero-order valence-electron chi connectivity index (χ0n) is 13.7. The normalized spacial score (nSPS) is 26.2. The average molecular weight is 308 g/mol. The molecule has 0 aromatic carbocycles. The average Bonchev–Trinajstić information content (AvgIpc) is 2.85. The van der Waals surface area contributed by atoms with Crippen molar-refractivity contribution in [1.82, 2.24) is 10.3 Å². The first-order valence-corrected chi connectivity index (χ1v) is 9.43. The molecule has 1 saturated carbocycles. The first kappa shape index (κ1) is 15.3. The lowest BCUT2D eigenvalue weighted by atomic mass is 9.78. The summed E-state index contributed by atoms with van der Waals surface area (Å²) < 4.78 is 0. The van der Waals surface area contributed by atoms with Gasteiger partial charge in [0, 0.05) is 30.1 Å². The predicted octanol–water partition coefficient (Wildman–Crippen LogP) is 4.11. The summed E-state index contributed by atoms with van der Waals surface area (Å²) in [5, 5.41) is 4.81. The van der Waals surface area contributed by atoms with E-state index in [1.165, 1.54) is 60.8 Å². The largest absolute Gasteiger partial charge is 0.345 e. The second kappa shape index (κ2) is 6.66. The fourth-order valence-electron chi connectivity index (χ4n) is 3.86. The van der Waals surface area contributed by atoms with Gasteiger partial charge >= 0.3 is 0 Å². The lowest BCUT2D eigenvalue weighted by Gasteiger charge is -2.44. The van der Waals surface area contributed by atoms with E-state index in [1.54, 1.807) is 0 Å². The Hall–Kier alpha value is -0.610. The zero-order valence-corrected chi connectivity index (χ0v) is 14.5. The SMILES string of the molecule is Cc1nc(N2CCC[C@H]3CCCC[C@H]32)sc1CNC(C)C. The molecule has 1 aliphatic carbocycles. The van der Waals surface area contributed by atoms with Crippen molar-refractivity contribution in [1.29, 1.82) is 0 Å². The standard InChI is InChI=1S/C17H29N3S/c1-12(2)18-11-16-13(3)19-17(21-16)20-10-6-8-14-7-4-5-9-15(14)20/h12,14-15,18H,4-11H2,1-3H3/t14-,15-/m1/s1. The van der Waals surface area contributed by atoms with Crippen LogP contribution in [0.25, 0.3) is 0 Å². The van der Waals surface area contributed by atoms with Gasteiger partial charge in [-0.3, -0.25) is 0 Å². The molecule has 21 heavy (non-hydrogen) atoms. The van der Waals surface area contributed by atoms with Gasteiger partial charge in [-0.25, -0.2) is 4.98 Å². The van der Waals surface area contributed by atoms with Gasteiger partial charge in [-0.2, -0.15) is 0 Å². The van der Waals surface area contributed by atoms with Crippen molar-refractivity contribution in [2.24, 2.45) is 5.92 Å². The van der Waals surface area contributed by atoms with Crippen molar-refractivity contribution in [3.8, 4) is 0 Å². The van der Waals surface area contributed by atoms with E-state index in [0.29, 0.717) is 6.04 Å². The molecule has 2 heterocycles. The van der Waals surface area contributed by atoms with Crippen LogP contribution in [-0.2, 0) is 6.54 Å². The Labute approximate surface area is 133 Å². The van der Waals surface area contributed by atoms with Gasteiger partial charge in [0.15, 0.2) is 5.13 Å². The van der Waals surface area contributed by atoms with Crippen LogP contribution in [0.15, 0.2) is 0 Å². The molecule has 3 rings (SSSR count). The van der Waals surface area contributed by atoms with Gasteiger partial charge in [0.05, 0.1) is 5.69 Å². The maximum Gasteiger partial charge on any atom is 0.186 e. The second-order valence-corrected chi connectivity index (χ2v) is 8.05. The highest BCUT2D eigenvalue weighted by molar-refractivity contribution is 7.15. The van der Waals surface area contributed by atoms with E-state index in [0.717, 1.165) is 18.5 Å². The van der Waals surface area contributed by atoms with Crippen molar-refractivity contribution < 1.29 is 0 Å². The van der Waals surface area contributed by atoms with Gasteiger partial charge in [-0.1, -0.05) is 26.7 Å². The van der Waals surface area contributed by atoms with Crippen LogP contribution >= 0.6 is 11.3 Å². The molecule has 2 atom stereocenters. The molecule has 1 saturated heterocycles. The van der Waals surface area contributed by atoms with Gasteiger partial charge < -0.3 is 10.2 Å². The van der Waals surface area contributed by atoms with Crippen LogP contribution in [0.2, 0.25) is 0 Å². The summed E-state index contributed by atoms with van der Waals surface area (Å²) in [6, 6.07) is 1.30. The number of rotatable bonds is 4. The number of hydrogen-bond donors (Lipinski definition) is 1. The van der Waals surface area contributed by atoms with E-state index < -0.39 is 0 Å². The summed E-state index contributed by atoms with van der Waals surface area (Å²) in [4.78, 5) is 8.96. The number of hydrogen-bond acceptors (Lipinski definition) is 4. The fraction of sp³-hybridized carbons (Fsp3) is 0.824. The smallest absolute Gasteiger partial charge is 0.186 e. The molecule has 1 N–H and O–H groups in total. The molecule has 2 aliphatic rings. The van der Waals surface area contributed by atoms with Crippen molar-refractivity contribution >= 4 is 16.5 Å². The molecular weight excluding hydrogens is 278 g/mol. The van der Waals surface area contributed by atoms with Gasteiger partial charge in [-0.05, 0) is 38.5 Å². The molecule has 2 fully saturated rings. The Balaban J connectivity index is 1.74. The Morgan fingerprint density at radius 2 is 2.00 bits per heavy atom. The quantitative estimate of drug-likeness (QED) is 0.907. The van der Waals surface area contributed by atoms with Crippen LogP contribution in [0.4, 0.5) is 5.13 Å². The van der Waals surface area contributed by atoms with Crippen molar-refractivity contribution in [2.75, 3.05) is 11.4 Å². The van der Waals surface area contributed by atoms with Gasteiger partial charge in [0.1, 0.15) is 0 Å². The van der Waals surface area contributed by atoms with E-state index in [-0.39, 0.29) is 0 Å². The monoisotopic (exact) mass is 307 g/mol. The third-order valence-electron chi connectivity index (χ3n) is 5.04. The number of nitrogens with one attached hydrogen (secondary N) is 1. The van der Waals surface area contributed by atoms with E-state index >= 15 is 0 Å². The summed E-state index contributed by atoms with van der Waals surface area (Å²) in [6.07, 6.45) is 8.45. The fourth-order valence-corrected chi connectivity index (χ4v) is 4.95. The molecule has 0 bridgehead atoms. The van der Waals surface area contributed by atoms with Crippen LogP contribution in [0.3, 0.4) is 0 Å². The van der Waals surface area contributed by atoms with Crippen LogP contribution in [0, 0.1) is 12.8 Å². The highest BCUT2D eigenvalue weighted by Crippen LogP contribution is 2.39. The van der Waals surface area contributed by atoms with Crippen LogP contribution in [0.5, 0.6) is 0 Å². The van der Waals surface area contributed by atoms with E-state index in [2.05, 4.69) is 31.0 Å². The van der Waals surface area contributed by atoms with Crippen molar-refractivity contribution in [3.05, 3.63) is 10.6 Å². The summed E-state index contributed by atoms with van der Waals surface area (Å²) in [5.41, 5.74) is 1.22. The Morgan fingerprint density at radius 1 is 1.24 bits per heavy atom. The topological polar surface area (TPSA) is 28.2 Å². The number of aryl methyl sites for hydroxylation is 1. The van der Waals surface area contributed by atoms with Gasteiger partial charge in [-0.15, -0.1) is 11.3 Å². The molecule has 0 spiro atoms. The molecule has 0 radical (unpaired) electrons. The number of anilines is 1. The third-order valence-corrected chi connectivity index (χ3v) is 6.24. The molecule has 0 amide bonds. The number of thiazole rings is 1. The molecule has 118 valence electrons. The minimum absolute atomic E-state index is 0.535. The summed E-state index contributed by atoms with van der Waals surface area (Å²) in [7, 11) is 0. The molecule has 3 nitrogen and oxygen atoms in total. The minimum Gasteiger partial charge on any atom is -0.345 e. The lowest BCUT2D eigenvalue weighted by molar-refractivity contribution is 0.243. The molecular formula is C17H29N3S. The van der Waals surface area contributed by atoms with Gasteiger partial charge in [0.2, 0.25) is 0 Å². The first-order valence-electron chi connectivity index (χ1n) is 8.61. The Morgan fingerprint density at radius 3 is 2.81 bits per heavy atom. The first-order chi connectivity index (χ1) is 10.1. The maximum atomic E-state index is 4.91. The van der Waals surface area contributed by atoms with Crippen LogP contribution in [-0.4, -0.2) is 23.6 Å². The molecule has 0 unspecified atom stereocenters. The van der Waals surface area contributed by atoms with Crippen LogP contribution in [0.1, 0.15) is 62.9 Å². The summed E-state index contributed by atoms with van der Waals surface area (Å²) in [6.45, 7) is 8.75. The lowest BCUT2D eigenvalue weighted by Crippen LogP contribution is -2.46. The number of fused-ring (bicyclic) bond motifs is 1. The van der Waals surface area contributed by atoms with E-state index in [4.69, 9.17) is 4.98 Å². The zero-order chi connectivity index (χ0) is 14.8.